The van der Waals surface area contributed by atoms with Crippen LogP contribution in [0.5, 0.6) is 0 Å². The Balaban J connectivity index is 2.63. The minimum atomic E-state index is 0.0926. The first-order chi connectivity index (χ1) is 8.43. The summed E-state index contributed by atoms with van der Waals surface area (Å²) in [7, 11) is 0. The van der Waals surface area contributed by atoms with Gasteiger partial charge in [0.25, 0.3) is 0 Å². The van der Waals surface area contributed by atoms with Crippen LogP contribution in [-0.4, -0.2) is 38.6 Å². The lowest BCUT2D eigenvalue weighted by Gasteiger charge is -2.30. The van der Waals surface area contributed by atoms with Crippen molar-refractivity contribution in [3.05, 3.63) is 12.4 Å². The van der Waals surface area contributed by atoms with Crippen molar-refractivity contribution in [1.82, 2.24) is 14.9 Å². The molecule has 0 bridgehead atoms. The Morgan fingerprint density at radius 3 is 2.33 bits per heavy atom. The Labute approximate surface area is 112 Å². The molecule has 1 aromatic heterocycles. The molecular weight excluding hydrogens is 248 g/mol. The van der Waals surface area contributed by atoms with Crippen LogP contribution in [-0.2, 0) is 4.79 Å². The lowest BCUT2D eigenvalue weighted by atomic mass is 10.2. The van der Waals surface area contributed by atoms with Crippen LogP contribution >= 0.6 is 11.8 Å². The highest BCUT2D eigenvalue weighted by Gasteiger charge is 2.20. The minimum Gasteiger partial charge on any atom is -0.381 e. The molecule has 0 radical (unpaired) electrons. The molecule has 0 aliphatic rings. The molecule has 0 atom stereocenters. The second kappa shape index (κ2) is 6.58. The molecule has 1 amide bonds. The van der Waals surface area contributed by atoms with Crippen LogP contribution in [0.25, 0.3) is 0 Å². The molecule has 5 nitrogen and oxygen atoms in total. The van der Waals surface area contributed by atoms with Crippen LogP contribution in [0.2, 0.25) is 0 Å². The van der Waals surface area contributed by atoms with Gasteiger partial charge in [-0.1, -0.05) is 11.8 Å². The zero-order valence-corrected chi connectivity index (χ0v) is 12.1. The van der Waals surface area contributed by atoms with E-state index in [9.17, 15) is 4.79 Å². The molecule has 0 saturated heterocycles. The molecule has 0 spiro atoms. The first-order valence-corrected chi connectivity index (χ1v) is 6.92. The standard InChI is InChI=1S/C12H20N4OS/c1-8(2)16(9(3)4)10(17)7-18-12-11(13)14-5-6-15-12/h5-6,8-9H,7H2,1-4H3,(H2,13,14). The number of thioether (sulfide) groups is 1. The van der Waals surface area contributed by atoms with E-state index >= 15 is 0 Å². The molecule has 0 saturated carbocycles. The number of anilines is 1. The first kappa shape index (κ1) is 14.8. The number of carbonyl (C=O) groups excluding carboxylic acids is 1. The van der Waals surface area contributed by atoms with E-state index in [0.717, 1.165) is 0 Å². The maximum Gasteiger partial charge on any atom is 0.233 e. The van der Waals surface area contributed by atoms with Gasteiger partial charge in [0, 0.05) is 24.5 Å². The van der Waals surface area contributed by atoms with E-state index in [1.165, 1.54) is 18.0 Å². The summed E-state index contributed by atoms with van der Waals surface area (Å²) in [5.74, 6) is 0.796. The third kappa shape index (κ3) is 3.87. The van der Waals surface area contributed by atoms with Gasteiger partial charge in [0.1, 0.15) is 5.03 Å². The largest absolute Gasteiger partial charge is 0.381 e. The molecule has 2 N–H and O–H groups in total. The van der Waals surface area contributed by atoms with Gasteiger partial charge in [-0.2, -0.15) is 0 Å². The first-order valence-electron chi connectivity index (χ1n) is 5.94. The SMILES string of the molecule is CC(C)N(C(=O)CSc1nccnc1N)C(C)C. The Morgan fingerprint density at radius 1 is 1.28 bits per heavy atom. The van der Waals surface area contributed by atoms with Gasteiger partial charge in [0.15, 0.2) is 5.82 Å². The number of nitrogen functional groups attached to an aromatic ring is 1. The summed E-state index contributed by atoms with van der Waals surface area (Å²) in [5.41, 5.74) is 5.68. The van der Waals surface area contributed by atoms with E-state index in [-0.39, 0.29) is 18.0 Å². The zero-order valence-electron chi connectivity index (χ0n) is 11.3. The molecule has 18 heavy (non-hydrogen) atoms. The number of aromatic nitrogens is 2. The molecule has 1 rings (SSSR count). The fourth-order valence-corrected chi connectivity index (χ4v) is 2.57. The van der Waals surface area contributed by atoms with Gasteiger partial charge in [-0.05, 0) is 27.7 Å². The predicted octanol–water partition coefficient (Wildman–Crippen LogP) is 1.80. The summed E-state index contributed by atoms with van der Waals surface area (Å²) >= 11 is 1.33. The van der Waals surface area contributed by atoms with E-state index in [1.54, 1.807) is 6.20 Å². The van der Waals surface area contributed by atoms with Gasteiger partial charge in [-0.15, -0.1) is 0 Å². The third-order valence-corrected chi connectivity index (χ3v) is 3.40. The van der Waals surface area contributed by atoms with Crippen LogP contribution in [0.1, 0.15) is 27.7 Å². The highest BCUT2D eigenvalue weighted by Crippen LogP contribution is 2.20. The molecule has 1 heterocycles. The number of carbonyl (C=O) groups is 1. The van der Waals surface area contributed by atoms with Crippen LogP contribution in [0.15, 0.2) is 17.4 Å². The number of nitrogens with two attached hydrogens (primary N) is 1. The molecular formula is C12H20N4OS. The maximum atomic E-state index is 12.1. The smallest absolute Gasteiger partial charge is 0.233 e. The van der Waals surface area contributed by atoms with E-state index < -0.39 is 0 Å². The van der Waals surface area contributed by atoms with Crippen LogP contribution in [0, 0.1) is 0 Å². The maximum absolute atomic E-state index is 12.1. The quantitative estimate of drug-likeness (QED) is 0.824. The van der Waals surface area contributed by atoms with Crippen molar-refractivity contribution in [3.63, 3.8) is 0 Å². The lowest BCUT2D eigenvalue weighted by Crippen LogP contribution is -2.43. The summed E-state index contributed by atoms with van der Waals surface area (Å²) in [5, 5.41) is 0.610. The fourth-order valence-electron chi connectivity index (χ4n) is 1.82. The summed E-state index contributed by atoms with van der Waals surface area (Å²) in [6, 6.07) is 0.384. The van der Waals surface area contributed by atoms with E-state index in [1.807, 2.05) is 32.6 Å². The summed E-state index contributed by atoms with van der Waals surface area (Å²) in [6.45, 7) is 8.05. The summed E-state index contributed by atoms with van der Waals surface area (Å²) in [4.78, 5) is 22.0. The zero-order chi connectivity index (χ0) is 13.7. The molecule has 0 aliphatic heterocycles. The summed E-state index contributed by atoms with van der Waals surface area (Å²) < 4.78 is 0. The van der Waals surface area contributed by atoms with Gasteiger partial charge >= 0.3 is 0 Å². The Hall–Kier alpha value is -1.30. The van der Waals surface area contributed by atoms with Crippen molar-refractivity contribution in [1.29, 1.82) is 0 Å². The lowest BCUT2D eigenvalue weighted by molar-refractivity contribution is -0.131. The van der Waals surface area contributed by atoms with Crippen LogP contribution in [0.3, 0.4) is 0 Å². The molecule has 100 valence electrons. The average molecular weight is 268 g/mol. The molecule has 6 heteroatoms. The van der Waals surface area contributed by atoms with E-state index in [0.29, 0.717) is 16.6 Å². The van der Waals surface area contributed by atoms with Crippen molar-refractivity contribution in [3.8, 4) is 0 Å². The van der Waals surface area contributed by atoms with Crippen molar-refractivity contribution < 1.29 is 4.79 Å². The Kier molecular flexibility index (Phi) is 5.40. The molecule has 1 aromatic rings. The Bertz CT molecular complexity index is 401. The average Bonchev–Trinajstić information content (AvgIpc) is 2.27. The minimum absolute atomic E-state index is 0.0926. The topological polar surface area (TPSA) is 72.1 Å². The molecule has 0 unspecified atom stereocenters. The number of nitrogens with zero attached hydrogens (tertiary/aromatic N) is 3. The van der Waals surface area contributed by atoms with Gasteiger partial charge < -0.3 is 10.6 Å². The van der Waals surface area contributed by atoms with Crippen molar-refractivity contribution in [2.24, 2.45) is 0 Å². The summed E-state index contributed by atoms with van der Waals surface area (Å²) in [6.07, 6.45) is 3.11. The van der Waals surface area contributed by atoms with Gasteiger partial charge in [-0.25, -0.2) is 9.97 Å². The number of amides is 1. The fraction of sp³-hybridized carbons (Fsp3) is 0.583. The molecule has 0 aromatic carbocycles. The second-order valence-electron chi connectivity index (χ2n) is 4.52. The van der Waals surface area contributed by atoms with Gasteiger partial charge in [-0.3, -0.25) is 4.79 Å². The van der Waals surface area contributed by atoms with Gasteiger partial charge in [0.05, 0.1) is 5.75 Å². The van der Waals surface area contributed by atoms with Crippen LogP contribution < -0.4 is 5.73 Å². The monoisotopic (exact) mass is 268 g/mol. The number of hydrogen-bond donors (Lipinski definition) is 1. The molecule has 0 aliphatic carbocycles. The van der Waals surface area contributed by atoms with Crippen molar-refractivity contribution in [2.75, 3.05) is 11.5 Å². The predicted molar refractivity (Wildman–Crippen MR) is 74.3 cm³/mol. The van der Waals surface area contributed by atoms with Crippen LogP contribution in [0.4, 0.5) is 5.82 Å². The third-order valence-electron chi connectivity index (χ3n) is 2.42. The van der Waals surface area contributed by atoms with Crippen molar-refractivity contribution in [2.45, 2.75) is 44.8 Å². The van der Waals surface area contributed by atoms with E-state index in [4.69, 9.17) is 5.73 Å². The Morgan fingerprint density at radius 2 is 1.83 bits per heavy atom. The number of rotatable bonds is 5. The normalized spacial score (nSPS) is 11.0. The second-order valence-corrected chi connectivity index (χ2v) is 5.49. The molecule has 0 fully saturated rings. The number of hydrogen-bond acceptors (Lipinski definition) is 5. The van der Waals surface area contributed by atoms with E-state index in [2.05, 4.69) is 9.97 Å². The highest BCUT2D eigenvalue weighted by atomic mass is 32.2. The van der Waals surface area contributed by atoms with Gasteiger partial charge in [0.2, 0.25) is 5.91 Å². The highest BCUT2D eigenvalue weighted by molar-refractivity contribution is 8.00. The van der Waals surface area contributed by atoms with Crippen molar-refractivity contribution >= 4 is 23.5 Å².